The Morgan fingerprint density at radius 1 is 0.952 bits per heavy atom. The lowest BCUT2D eigenvalue weighted by Crippen LogP contribution is -2.03. The van der Waals surface area contributed by atoms with Crippen molar-refractivity contribution in [2.45, 2.75) is 13.0 Å². The maximum Gasteiger partial charge on any atom is 0.129 e. The van der Waals surface area contributed by atoms with Gasteiger partial charge in [0, 0.05) is 10.0 Å². The summed E-state index contributed by atoms with van der Waals surface area (Å²) in [5, 5.41) is 12.5. The quantitative estimate of drug-likeness (QED) is 0.683. The van der Waals surface area contributed by atoms with Crippen LogP contribution in [-0.4, -0.2) is 5.11 Å². The zero-order chi connectivity index (χ0) is 15.0. The van der Waals surface area contributed by atoms with Crippen LogP contribution in [0.1, 0.15) is 22.8 Å². The first kappa shape index (κ1) is 14.2. The number of rotatable bonds is 2. The van der Waals surface area contributed by atoms with Gasteiger partial charge in [-0.2, -0.15) is 0 Å². The molecule has 0 fully saturated rings. The third-order valence-electron chi connectivity index (χ3n) is 3.65. The molecule has 0 saturated heterocycles. The second kappa shape index (κ2) is 5.58. The molecule has 1 atom stereocenters. The van der Waals surface area contributed by atoms with Gasteiger partial charge in [0.25, 0.3) is 0 Å². The van der Waals surface area contributed by atoms with Gasteiger partial charge < -0.3 is 5.11 Å². The number of halogens is 2. The van der Waals surface area contributed by atoms with Crippen molar-refractivity contribution >= 4 is 26.7 Å². The van der Waals surface area contributed by atoms with E-state index in [0.717, 1.165) is 20.8 Å². The van der Waals surface area contributed by atoms with Gasteiger partial charge in [-0.3, -0.25) is 0 Å². The van der Waals surface area contributed by atoms with E-state index < -0.39 is 6.10 Å². The molecule has 0 saturated carbocycles. The molecule has 3 aromatic rings. The number of hydrogen-bond acceptors (Lipinski definition) is 1. The van der Waals surface area contributed by atoms with Crippen molar-refractivity contribution in [2.75, 3.05) is 0 Å². The Kier molecular flexibility index (Phi) is 3.79. The second-order valence-corrected chi connectivity index (χ2v) is 5.96. The molecule has 106 valence electrons. The summed E-state index contributed by atoms with van der Waals surface area (Å²) in [6.45, 7) is 1.83. The van der Waals surface area contributed by atoms with E-state index in [0.29, 0.717) is 11.1 Å². The number of fused-ring (bicyclic) bond motifs is 1. The number of aryl methyl sites for hydroxylation is 1. The average molecular weight is 345 g/mol. The third kappa shape index (κ3) is 2.59. The topological polar surface area (TPSA) is 20.2 Å². The molecule has 0 amide bonds. The van der Waals surface area contributed by atoms with Crippen LogP contribution >= 0.6 is 15.9 Å². The van der Waals surface area contributed by atoms with Crippen molar-refractivity contribution in [1.82, 2.24) is 0 Å². The molecule has 1 nitrogen and oxygen atoms in total. The lowest BCUT2D eigenvalue weighted by molar-refractivity contribution is 0.216. The maximum atomic E-state index is 14.1. The van der Waals surface area contributed by atoms with Crippen LogP contribution in [0.4, 0.5) is 4.39 Å². The smallest absolute Gasteiger partial charge is 0.129 e. The zero-order valence-electron chi connectivity index (χ0n) is 11.5. The zero-order valence-corrected chi connectivity index (χ0v) is 13.1. The van der Waals surface area contributed by atoms with E-state index in [4.69, 9.17) is 0 Å². The van der Waals surface area contributed by atoms with Gasteiger partial charge in [0.1, 0.15) is 11.9 Å². The summed E-state index contributed by atoms with van der Waals surface area (Å²) < 4.78 is 15.1. The summed E-state index contributed by atoms with van der Waals surface area (Å²) in [5.74, 6) is -0.380. The molecule has 21 heavy (non-hydrogen) atoms. The van der Waals surface area contributed by atoms with Gasteiger partial charge in [0.2, 0.25) is 0 Å². The normalized spacial score (nSPS) is 12.6. The van der Waals surface area contributed by atoms with E-state index >= 15 is 0 Å². The molecule has 0 aliphatic carbocycles. The van der Waals surface area contributed by atoms with Crippen LogP contribution in [0.3, 0.4) is 0 Å². The van der Waals surface area contributed by atoms with Gasteiger partial charge in [0.05, 0.1) is 0 Å². The Bertz CT molecular complexity index is 813. The molecular formula is C18H14BrFO. The molecule has 3 rings (SSSR count). The number of benzene rings is 3. The van der Waals surface area contributed by atoms with Crippen molar-refractivity contribution in [3.8, 4) is 0 Å². The molecule has 3 aromatic carbocycles. The summed E-state index contributed by atoms with van der Waals surface area (Å²) >= 11 is 3.50. The van der Waals surface area contributed by atoms with Gasteiger partial charge >= 0.3 is 0 Å². The highest BCUT2D eigenvalue weighted by Gasteiger charge is 2.18. The fourth-order valence-corrected chi connectivity index (χ4v) is 3.02. The van der Waals surface area contributed by atoms with E-state index in [9.17, 15) is 9.50 Å². The van der Waals surface area contributed by atoms with Gasteiger partial charge in [-0.1, -0.05) is 58.4 Å². The largest absolute Gasteiger partial charge is 0.384 e. The fourth-order valence-electron chi connectivity index (χ4n) is 2.55. The molecule has 0 radical (unpaired) electrons. The van der Waals surface area contributed by atoms with Crippen LogP contribution in [0.2, 0.25) is 0 Å². The second-order valence-electron chi connectivity index (χ2n) is 5.11. The number of aliphatic hydroxyl groups excluding tert-OH is 1. The van der Waals surface area contributed by atoms with Crippen molar-refractivity contribution in [1.29, 1.82) is 0 Å². The molecule has 3 heteroatoms. The first-order valence-corrected chi connectivity index (χ1v) is 7.48. The molecule has 1 N–H and O–H groups in total. The van der Waals surface area contributed by atoms with Crippen molar-refractivity contribution < 1.29 is 9.50 Å². The number of aliphatic hydroxyl groups is 1. The highest BCUT2D eigenvalue weighted by molar-refractivity contribution is 9.10. The Balaban J connectivity index is 2.18. The fraction of sp³-hybridized carbons (Fsp3) is 0.111. The van der Waals surface area contributed by atoms with E-state index in [1.54, 1.807) is 6.07 Å². The maximum absolute atomic E-state index is 14.1. The standard InChI is InChI=1S/C18H14BrFO/c1-11-6-7-15(17(20)10-11)18(21)14-8-9-16(19)13-5-3-2-4-12(13)14/h2-10,18,21H,1H3. The van der Waals surface area contributed by atoms with Crippen LogP contribution in [0.15, 0.2) is 59.1 Å². The number of hydrogen-bond donors (Lipinski definition) is 1. The van der Waals surface area contributed by atoms with Gasteiger partial charge in [-0.05, 0) is 41.0 Å². The SMILES string of the molecule is Cc1ccc(C(O)c2ccc(Br)c3ccccc23)c(F)c1. The van der Waals surface area contributed by atoms with E-state index in [-0.39, 0.29) is 5.82 Å². The van der Waals surface area contributed by atoms with Gasteiger partial charge in [-0.15, -0.1) is 0 Å². The minimum Gasteiger partial charge on any atom is -0.384 e. The molecular weight excluding hydrogens is 331 g/mol. The summed E-state index contributed by atoms with van der Waals surface area (Å²) in [7, 11) is 0. The van der Waals surface area contributed by atoms with Crippen LogP contribution in [0, 0.1) is 12.7 Å². The predicted molar refractivity (Wildman–Crippen MR) is 86.8 cm³/mol. The molecule has 0 aromatic heterocycles. The highest BCUT2D eigenvalue weighted by atomic mass is 79.9. The summed E-state index contributed by atoms with van der Waals surface area (Å²) in [6.07, 6.45) is -0.983. The Labute approximate surface area is 131 Å². The van der Waals surface area contributed by atoms with Crippen LogP contribution < -0.4 is 0 Å². The van der Waals surface area contributed by atoms with Crippen molar-refractivity contribution in [3.63, 3.8) is 0 Å². The van der Waals surface area contributed by atoms with Gasteiger partial charge in [0.15, 0.2) is 0 Å². The van der Waals surface area contributed by atoms with Crippen molar-refractivity contribution in [3.05, 3.63) is 81.6 Å². The Morgan fingerprint density at radius 3 is 2.33 bits per heavy atom. The van der Waals surface area contributed by atoms with Crippen LogP contribution in [-0.2, 0) is 0 Å². The monoisotopic (exact) mass is 344 g/mol. The average Bonchev–Trinajstić information content (AvgIpc) is 2.47. The molecule has 0 aliphatic rings. The van der Waals surface area contributed by atoms with Crippen LogP contribution in [0.25, 0.3) is 10.8 Å². The lowest BCUT2D eigenvalue weighted by atomic mass is 9.95. The minimum absolute atomic E-state index is 0.299. The predicted octanol–water partition coefficient (Wildman–Crippen LogP) is 5.13. The molecule has 0 heterocycles. The summed E-state index contributed by atoms with van der Waals surface area (Å²) in [5.41, 5.74) is 1.84. The third-order valence-corrected chi connectivity index (χ3v) is 4.34. The molecule has 0 aliphatic heterocycles. The minimum atomic E-state index is -0.983. The van der Waals surface area contributed by atoms with E-state index in [1.165, 1.54) is 6.07 Å². The Morgan fingerprint density at radius 2 is 1.62 bits per heavy atom. The van der Waals surface area contributed by atoms with Crippen molar-refractivity contribution in [2.24, 2.45) is 0 Å². The summed E-state index contributed by atoms with van der Waals surface area (Å²) in [6, 6.07) is 16.4. The molecule has 0 bridgehead atoms. The first-order valence-electron chi connectivity index (χ1n) is 6.69. The highest BCUT2D eigenvalue weighted by Crippen LogP contribution is 2.33. The van der Waals surface area contributed by atoms with Gasteiger partial charge in [-0.25, -0.2) is 4.39 Å². The Hall–Kier alpha value is -1.71. The lowest BCUT2D eigenvalue weighted by Gasteiger charge is -2.16. The molecule has 1 unspecified atom stereocenters. The molecule has 0 spiro atoms. The summed E-state index contributed by atoms with van der Waals surface area (Å²) in [4.78, 5) is 0. The van der Waals surface area contributed by atoms with Crippen LogP contribution in [0.5, 0.6) is 0 Å². The van der Waals surface area contributed by atoms with E-state index in [1.807, 2.05) is 49.4 Å². The van der Waals surface area contributed by atoms with E-state index in [2.05, 4.69) is 15.9 Å². The first-order chi connectivity index (χ1) is 10.1.